The van der Waals surface area contributed by atoms with Gasteiger partial charge in [0.2, 0.25) is 5.91 Å². The maximum atomic E-state index is 13.5. The highest BCUT2D eigenvalue weighted by Crippen LogP contribution is 2.30. The monoisotopic (exact) mass is 449 g/mol. The Bertz CT molecular complexity index is 1310. The molecule has 0 aliphatic carbocycles. The number of aryl methyl sites for hydroxylation is 2. The lowest BCUT2D eigenvalue weighted by Gasteiger charge is -2.21. The minimum absolute atomic E-state index is 0.0900. The molecule has 0 bridgehead atoms. The minimum atomic E-state index is -0.322. The molecule has 7 heteroatoms. The van der Waals surface area contributed by atoms with E-state index in [1.807, 2.05) is 43.5 Å². The molecule has 0 atom stereocenters. The summed E-state index contributed by atoms with van der Waals surface area (Å²) in [5.74, 6) is -0.412. The first-order chi connectivity index (χ1) is 15.5. The molecule has 0 N–H and O–H groups in total. The van der Waals surface area contributed by atoms with E-state index in [0.717, 1.165) is 22.3 Å². The van der Waals surface area contributed by atoms with Gasteiger partial charge in [-0.05, 0) is 37.1 Å². The lowest BCUT2D eigenvalue weighted by molar-refractivity contribution is -0.131. The van der Waals surface area contributed by atoms with Crippen molar-refractivity contribution in [2.75, 3.05) is 6.54 Å². The van der Waals surface area contributed by atoms with E-state index in [1.165, 1.54) is 34.4 Å². The predicted molar refractivity (Wildman–Crippen MR) is 126 cm³/mol. The number of rotatable bonds is 7. The van der Waals surface area contributed by atoms with E-state index in [2.05, 4.69) is 4.98 Å². The molecule has 0 radical (unpaired) electrons. The van der Waals surface area contributed by atoms with Gasteiger partial charge < -0.3 is 4.90 Å². The Morgan fingerprint density at radius 1 is 1.19 bits per heavy atom. The van der Waals surface area contributed by atoms with Crippen molar-refractivity contribution in [3.05, 3.63) is 87.5 Å². The Hall–Kier alpha value is -3.32. The van der Waals surface area contributed by atoms with Crippen LogP contribution in [0.3, 0.4) is 0 Å². The molecular formula is C25H24FN3O2S. The van der Waals surface area contributed by atoms with E-state index < -0.39 is 0 Å². The molecule has 0 aliphatic rings. The summed E-state index contributed by atoms with van der Waals surface area (Å²) in [6.45, 7) is 4.99. The largest absolute Gasteiger partial charge is 0.339 e. The van der Waals surface area contributed by atoms with Crippen LogP contribution in [0.2, 0.25) is 0 Å². The number of thiophene rings is 1. The zero-order valence-electron chi connectivity index (χ0n) is 18.0. The van der Waals surface area contributed by atoms with E-state index in [1.54, 1.807) is 17.0 Å². The van der Waals surface area contributed by atoms with Crippen LogP contribution in [-0.2, 0) is 17.9 Å². The van der Waals surface area contributed by atoms with Crippen LogP contribution in [0, 0.1) is 12.7 Å². The van der Waals surface area contributed by atoms with Crippen LogP contribution >= 0.6 is 11.3 Å². The SMILES string of the molecule is CCN(Cc1cccc(F)c1)C(=O)CCn1cnc2scc(-c3ccc(C)cc3)c2c1=O. The van der Waals surface area contributed by atoms with Crippen LogP contribution in [0.25, 0.3) is 21.3 Å². The van der Waals surface area contributed by atoms with E-state index in [-0.39, 0.29) is 30.2 Å². The van der Waals surface area contributed by atoms with Crippen molar-refractivity contribution in [2.24, 2.45) is 0 Å². The summed E-state index contributed by atoms with van der Waals surface area (Å²) < 4.78 is 15.0. The summed E-state index contributed by atoms with van der Waals surface area (Å²) in [7, 11) is 0. The van der Waals surface area contributed by atoms with Crippen LogP contribution in [-0.4, -0.2) is 26.9 Å². The molecule has 0 aliphatic heterocycles. The Kier molecular flexibility index (Phi) is 6.46. The fraction of sp³-hybridized carbons (Fsp3) is 0.240. The van der Waals surface area contributed by atoms with E-state index in [9.17, 15) is 14.0 Å². The lowest BCUT2D eigenvalue weighted by atomic mass is 10.1. The molecule has 0 unspecified atom stereocenters. The van der Waals surface area contributed by atoms with Crippen molar-refractivity contribution in [2.45, 2.75) is 33.4 Å². The third-order valence-electron chi connectivity index (χ3n) is 5.49. The smallest absolute Gasteiger partial charge is 0.262 e. The third kappa shape index (κ3) is 4.62. The molecule has 0 spiro atoms. The molecule has 0 saturated heterocycles. The van der Waals surface area contributed by atoms with Gasteiger partial charge >= 0.3 is 0 Å². The Morgan fingerprint density at radius 2 is 1.97 bits per heavy atom. The molecule has 2 heterocycles. The molecule has 4 aromatic rings. The number of hydrogen-bond donors (Lipinski definition) is 0. The quantitative estimate of drug-likeness (QED) is 0.398. The van der Waals surface area contributed by atoms with Crippen molar-refractivity contribution in [3.63, 3.8) is 0 Å². The maximum Gasteiger partial charge on any atom is 0.262 e. The summed E-state index contributed by atoms with van der Waals surface area (Å²) in [5, 5.41) is 2.54. The van der Waals surface area contributed by atoms with E-state index in [0.29, 0.717) is 23.3 Å². The zero-order chi connectivity index (χ0) is 22.7. The van der Waals surface area contributed by atoms with Crippen molar-refractivity contribution in [1.82, 2.24) is 14.5 Å². The van der Waals surface area contributed by atoms with Crippen molar-refractivity contribution in [1.29, 1.82) is 0 Å². The van der Waals surface area contributed by atoms with Gasteiger partial charge in [0.25, 0.3) is 5.56 Å². The molecule has 2 aromatic heterocycles. The molecule has 0 fully saturated rings. The number of carbonyl (C=O) groups excluding carboxylic acids is 1. The van der Waals surface area contributed by atoms with Gasteiger partial charge in [-0.25, -0.2) is 9.37 Å². The second-order valence-corrected chi connectivity index (χ2v) is 8.58. The van der Waals surface area contributed by atoms with Crippen molar-refractivity contribution >= 4 is 27.5 Å². The second-order valence-electron chi connectivity index (χ2n) is 7.73. The molecule has 5 nitrogen and oxygen atoms in total. The fourth-order valence-corrected chi connectivity index (χ4v) is 4.59. The first-order valence-electron chi connectivity index (χ1n) is 10.5. The van der Waals surface area contributed by atoms with Gasteiger partial charge in [0.05, 0.1) is 11.7 Å². The zero-order valence-corrected chi connectivity index (χ0v) is 18.9. The Morgan fingerprint density at radius 3 is 2.69 bits per heavy atom. The Balaban J connectivity index is 1.53. The van der Waals surface area contributed by atoms with Gasteiger partial charge in [-0.15, -0.1) is 11.3 Å². The number of fused-ring (bicyclic) bond motifs is 1. The van der Waals surface area contributed by atoms with Crippen LogP contribution in [0.4, 0.5) is 4.39 Å². The molecule has 164 valence electrons. The summed E-state index contributed by atoms with van der Waals surface area (Å²) in [6, 6.07) is 14.3. The average Bonchev–Trinajstić information content (AvgIpc) is 3.22. The van der Waals surface area contributed by atoms with Crippen LogP contribution in [0.1, 0.15) is 24.5 Å². The highest BCUT2D eigenvalue weighted by Gasteiger charge is 2.16. The van der Waals surface area contributed by atoms with Crippen LogP contribution < -0.4 is 5.56 Å². The average molecular weight is 450 g/mol. The number of nitrogens with zero attached hydrogens (tertiary/aromatic N) is 3. The van der Waals surface area contributed by atoms with Gasteiger partial charge in [-0.3, -0.25) is 14.2 Å². The molecular weight excluding hydrogens is 425 g/mol. The van der Waals surface area contributed by atoms with Gasteiger partial charge in [0, 0.05) is 37.0 Å². The second kappa shape index (κ2) is 9.44. The Labute approximate surface area is 189 Å². The normalized spacial score (nSPS) is 11.1. The summed E-state index contributed by atoms with van der Waals surface area (Å²) >= 11 is 1.44. The number of benzene rings is 2. The van der Waals surface area contributed by atoms with Crippen molar-refractivity contribution < 1.29 is 9.18 Å². The van der Waals surface area contributed by atoms with Crippen LogP contribution in [0.15, 0.2) is 65.0 Å². The van der Waals surface area contributed by atoms with E-state index >= 15 is 0 Å². The number of aromatic nitrogens is 2. The highest BCUT2D eigenvalue weighted by molar-refractivity contribution is 7.17. The molecule has 0 saturated carbocycles. The summed E-state index contributed by atoms with van der Waals surface area (Å²) in [5.41, 5.74) is 3.58. The molecule has 32 heavy (non-hydrogen) atoms. The topological polar surface area (TPSA) is 55.2 Å². The minimum Gasteiger partial charge on any atom is -0.339 e. The highest BCUT2D eigenvalue weighted by atomic mass is 32.1. The summed E-state index contributed by atoms with van der Waals surface area (Å²) in [4.78, 5) is 32.8. The number of amides is 1. The lowest BCUT2D eigenvalue weighted by Crippen LogP contribution is -2.32. The number of carbonyl (C=O) groups is 1. The van der Waals surface area contributed by atoms with Gasteiger partial charge in [-0.2, -0.15) is 0 Å². The van der Waals surface area contributed by atoms with Crippen molar-refractivity contribution in [3.8, 4) is 11.1 Å². The van der Waals surface area contributed by atoms with E-state index in [4.69, 9.17) is 0 Å². The van der Waals surface area contributed by atoms with Gasteiger partial charge in [0.1, 0.15) is 10.6 Å². The molecule has 1 amide bonds. The van der Waals surface area contributed by atoms with Gasteiger partial charge in [0.15, 0.2) is 0 Å². The standard InChI is InChI=1S/C25H24FN3O2S/c1-3-28(14-18-5-4-6-20(26)13-18)22(30)11-12-29-16-27-24-23(25(29)31)21(15-32-24)19-9-7-17(2)8-10-19/h4-10,13,15-16H,3,11-12,14H2,1-2H3. The third-order valence-corrected chi connectivity index (χ3v) is 6.37. The maximum absolute atomic E-state index is 13.5. The number of halogens is 1. The van der Waals surface area contributed by atoms with Crippen LogP contribution in [0.5, 0.6) is 0 Å². The fourth-order valence-electron chi connectivity index (χ4n) is 3.68. The molecule has 4 rings (SSSR count). The summed E-state index contributed by atoms with van der Waals surface area (Å²) in [6.07, 6.45) is 1.68. The first-order valence-corrected chi connectivity index (χ1v) is 11.4. The first kappa shape index (κ1) is 21.9. The van der Waals surface area contributed by atoms with Gasteiger partial charge in [-0.1, -0.05) is 42.0 Å². The number of hydrogen-bond acceptors (Lipinski definition) is 4. The molecule has 2 aromatic carbocycles. The predicted octanol–water partition coefficient (Wildman–Crippen LogP) is 5.01.